The van der Waals surface area contributed by atoms with Gasteiger partial charge in [0.1, 0.15) is 0 Å². The number of fused-ring (bicyclic) bond motifs is 1. The van der Waals surface area contributed by atoms with Gasteiger partial charge in [-0.2, -0.15) is 0 Å². The number of nitrogens with one attached hydrogen (secondary N) is 1. The van der Waals surface area contributed by atoms with E-state index in [-0.39, 0.29) is 24.0 Å². The van der Waals surface area contributed by atoms with Crippen molar-refractivity contribution in [1.82, 2.24) is 0 Å². The molecule has 1 heterocycles. The van der Waals surface area contributed by atoms with Crippen molar-refractivity contribution >= 4 is 47.2 Å². The quantitative estimate of drug-likeness (QED) is 0.395. The predicted octanol–water partition coefficient (Wildman–Crippen LogP) is 4.35. The molecule has 0 bridgehead atoms. The zero-order chi connectivity index (χ0) is 16.9. The van der Waals surface area contributed by atoms with Gasteiger partial charge in [0.15, 0.2) is 17.5 Å². The molecule has 0 saturated heterocycles. The van der Waals surface area contributed by atoms with Crippen LogP contribution in [0.1, 0.15) is 17.5 Å². The van der Waals surface area contributed by atoms with Gasteiger partial charge < -0.3 is 20.5 Å². The number of aliphatic imine (C=N–C) groups is 1. The van der Waals surface area contributed by atoms with Crippen molar-refractivity contribution in [3.63, 3.8) is 0 Å². The third-order valence-corrected chi connectivity index (χ3v) is 4.10. The number of halogens is 2. The van der Waals surface area contributed by atoms with Crippen molar-refractivity contribution in [3.8, 4) is 11.5 Å². The molecular weight excluding hydrogens is 453 g/mol. The highest BCUT2D eigenvalue weighted by Gasteiger charge is 2.10. The summed E-state index contributed by atoms with van der Waals surface area (Å²) in [7, 11) is 0. The minimum Gasteiger partial charge on any atom is -0.490 e. The van der Waals surface area contributed by atoms with E-state index in [4.69, 9.17) is 26.8 Å². The summed E-state index contributed by atoms with van der Waals surface area (Å²) in [5.74, 6) is 1.82. The SMILES string of the molecule is Cc1cc(CN=C(N)Nc2ccc3c(c2)OCCCO3)ccc1Cl.I. The minimum atomic E-state index is 0. The fraction of sp³-hybridized carbons (Fsp3) is 0.278. The fourth-order valence-corrected chi connectivity index (χ4v) is 2.53. The Kier molecular flexibility index (Phi) is 7.19. The van der Waals surface area contributed by atoms with Gasteiger partial charge in [-0.25, -0.2) is 4.99 Å². The van der Waals surface area contributed by atoms with Crippen molar-refractivity contribution in [1.29, 1.82) is 0 Å². The number of rotatable bonds is 3. The molecule has 0 atom stereocenters. The van der Waals surface area contributed by atoms with E-state index >= 15 is 0 Å². The lowest BCUT2D eigenvalue weighted by molar-refractivity contribution is 0.297. The molecule has 25 heavy (non-hydrogen) atoms. The van der Waals surface area contributed by atoms with Gasteiger partial charge in [-0.1, -0.05) is 23.7 Å². The average Bonchev–Trinajstić information content (AvgIpc) is 2.81. The molecule has 5 nitrogen and oxygen atoms in total. The second-order valence-electron chi connectivity index (χ2n) is 5.62. The number of nitrogens with zero attached hydrogens (tertiary/aromatic N) is 1. The molecule has 2 aromatic rings. The molecule has 3 rings (SSSR count). The van der Waals surface area contributed by atoms with Crippen LogP contribution in [0.3, 0.4) is 0 Å². The average molecular weight is 474 g/mol. The Labute approximate surface area is 169 Å². The molecule has 1 aliphatic heterocycles. The van der Waals surface area contributed by atoms with Crippen LogP contribution < -0.4 is 20.5 Å². The van der Waals surface area contributed by atoms with Crippen molar-refractivity contribution in [2.75, 3.05) is 18.5 Å². The molecule has 0 saturated carbocycles. The van der Waals surface area contributed by atoms with E-state index in [0.717, 1.165) is 39.8 Å². The lowest BCUT2D eigenvalue weighted by atomic mass is 10.1. The summed E-state index contributed by atoms with van der Waals surface area (Å²) in [5.41, 5.74) is 8.86. The molecule has 0 spiro atoms. The second-order valence-corrected chi connectivity index (χ2v) is 6.03. The topological polar surface area (TPSA) is 68.9 Å². The van der Waals surface area contributed by atoms with Gasteiger partial charge in [-0.15, -0.1) is 24.0 Å². The standard InChI is InChI=1S/C18H20ClN3O2.HI/c1-12-9-13(3-5-15(12)19)11-21-18(20)22-14-4-6-16-17(10-14)24-8-2-7-23-16;/h3-6,9-10H,2,7-8,11H2,1H3,(H3,20,21,22);1H. The van der Waals surface area contributed by atoms with E-state index in [2.05, 4.69) is 10.3 Å². The molecule has 0 fully saturated rings. The van der Waals surface area contributed by atoms with Crippen molar-refractivity contribution < 1.29 is 9.47 Å². The molecule has 7 heteroatoms. The van der Waals surface area contributed by atoms with Crippen LogP contribution in [0, 0.1) is 6.92 Å². The zero-order valence-electron chi connectivity index (χ0n) is 13.9. The number of ether oxygens (including phenoxy) is 2. The van der Waals surface area contributed by atoms with Crippen LogP contribution >= 0.6 is 35.6 Å². The Morgan fingerprint density at radius 1 is 1.16 bits per heavy atom. The highest BCUT2D eigenvalue weighted by atomic mass is 127. The highest BCUT2D eigenvalue weighted by Crippen LogP contribution is 2.32. The predicted molar refractivity (Wildman–Crippen MR) is 113 cm³/mol. The van der Waals surface area contributed by atoms with Crippen molar-refractivity contribution in [2.45, 2.75) is 19.9 Å². The normalized spacial score (nSPS) is 13.6. The third-order valence-electron chi connectivity index (χ3n) is 3.67. The minimum absolute atomic E-state index is 0. The summed E-state index contributed by atoms with van der Waals surface area (Å²) in [4.78, 5) is 4.36. The highest BCUT2D eigenvalue weighted by molar-refractivity contribution is 14.0. The lowest BCUT2D eigenvalue weighted by Crippen LogP contribution is -2.22. The molecule has 2 aromatic carbocycles. The Balaban J connectivity index is 0.00000225. The van der Waals surface area contributed by atoms with Crippen LogP contribution in [-0.2, 0) is 6.54 Å². The molecule has 0 unspecified atom stereocenters. The first-order chi connectivity index (χ1) is 11.6. The summed E-state index contributed by atoms with van der Waals surface area (Å²) in [6, 6.07) is 11.5. The van der Waals surface area contributed by atoms with Crippen LogP contribution in [-0.4, -0.2) is 19.2 Å². The number of anilines is 1. The number of hydrogen-bond acceptors (Lipinski definition) is 3. The maximum Gasteiger partial charge on any atom is 0.193 e. The molecule has 3 N–H and O–H groups in total. The summed E-state index contributed by atoms with van der Waals surface area (Å²) in [6.45, 7) is 3.77. The fourth-order valence-electron chi connectivity index (χ4n) is 2.41. The summed E-state index contributed by atoms with van der Waals surface area (Å²) in [5, 5.41) is 3.83. The van der Waals surface area contributed by atoms with Crippen molar-refractivity contribution in [3.05, 3.63) is 52.5 Å². The molecule has 0 radical (unpaired) electrons. The third kappa shape index (κ3) is 5.40. The maximum absolute atomic E-state index is 6.03. The van der Waals surface area contributed by atoms with Crippen LogP contribution in [0.4, 0.5) is 5.69 Å². The van der Waals surface area contributed by atoms with Gasteiger partial charge in [0, 0.05) is 23.2 Å². The first kappa shape index (κ1) is 19.7. The van der Waals surface area contributed by atoms with Crippen LogP contribution in [0.2, 0.25) is 5.02 Å². The first-order valence-corrected chi connectivity index (χ1v) is 8.21. The Bertz CT molecular complexity index is 768. The van der Waals surface area contributed by atoms with Crippen LogP contribution in [0.15, 0.2) is 41.4 Å². The smallest absolute Gasteiger partial charge is 0.193 e. The largest absolute Gasteiger partial charge is 0.490 e. The van der Waals surface area contributed by atoms with Gasteiger partial charge in [-0.05, 0) is 36.2 Å². The Hall–Kier alpha value is -1.67. The van der Waals surface area contributed by atoms with E-state index in [1.807, 2.05) is 43.3 Å². The van der Waals surface area contributed by atoms with E-state index < -0.39 is 0 Å². The number of hydrogen-bond donors (Lipinski definition) is 2. The maximum atomic E-state index is 6.03. The number of guanidine groups is 1. The molecule has 1 aliphatic rings. The number of nitrogens with two attached hydrogens (primary N) is 1. The van der Waals surface area contributed by atoms with E-state index in [0.29, 0.717) is 25.7 Å². The van der Waals surface area contributed by atoms with E-state index in [9.17, 15) is 0 Å². The second kappa shape index (κ2) is 9.15. The molecule has 0 aromatic heterocycles. The molecule has 0 aliphatic carbocycles. The van der Waals surface area contributed by atoms with Crippen LogP contribution in [0.25, 0.3) is 0 Å². The summed E-state index contributed by atoms with van der Waals surface area (Å²) < 4.78 is 11.3. The van der Waals surface area contributed by atoms with Gasteiger partial charge >= 0.3 is 0 Å². The van der Waals surface area contributed by atoms with E-state index in [1.165, 1.54) is 0 Å². The molecule has 0 amide bonds. The number of aryl methyl sites for hydroxylation is 1. The van der Waals surface area contributed by atoms with E-state index in [1.54, 1.807) is 0 Å². The van der Waals surface area contributed by atoms with Gasteiger partial charge in [0.05, 0.1) is 19.8 Å². The van der Waals surface area contributed by atoms with Gasteiger partial charge in [0.2, 0.25) is 0 Å². The molecule has 134 valence electrons. The Morgan fingerprint density at radius 2 is 1.92 bits per heavy atom. The summed E-state index contributed by atoms with van der Waals surface area (Å²) in [6.07, 6.45) is 0.877. The number of benzene rings is 2. The monoisotopic (exact) mass is 473 g/mol. The van der Waals surface area contributed by atoms with Crippen molar-refractivity contribution in [2.24, 2.45) is 10.7 Å². The zero-order valence-corrected chi connectivity index (χ0v) is 17.0. The van der Waals surface area contributed by atoms with Crippen LogP contribution in [0.5, 0.6) is 11.5 Å². The van der Waals surface area contributed by atoms with Gasteiger partial charge in [0.25, 0.3) is 0 Å². The Morgan fingerprint density at radius 3 is 2.68 bits per heavy atom. The molecular formula is C18H21ClIN3O2. The van der Waals surface area contributed by atoms with Gasteiger partial charge in [-0.3, -0.25) is 0 Å². The summed E-state index contributed by atoms with van der Waals surface area (Å²) >= 11 is 6.03. The first-order valence-electron chi connectivity index (χ1n) is 7.83. The lowest BCUT2D eigenvalue weighted by Gasteiger charge is -2.11.